The van der Waals surface area contributed by atoms with Crippen molar-refractivity contribution in [3.05, 3.63) is 0 Å². The van der Waals surface area contributed by atoms with Crippen molar-refractivity contribution in [3.63, 3.8) is 0 Å². The summed E-state index contributed by atoms with van der Waals surface area (Å²) in [6.07, 6.45) is 7.38. The zero-order valence-corrected chi connectivity index (χ0v) is 7.61. The molecule has 0 spiro atoms. The highest BCUT2D eigenvalue weighted by molar-refractivity contribution is 6.14. The van der Waals surface area contributed by atoms with Crippen molar-refractivity contribution >= 4 is 7.85 Å². The molecule has 0 heterocycles. The van der Waals surface area contributed by atoms with E-state index in [0.29, 0.717) is 5.31 Å². The van der Waals surface area contributed by atoms with Crippen molar-refractivity contribution in [1.82, 2.24) is 0 Å². The number of hydrogen-bond donors (Lipinski definition) is 0. The second kappa shape index (κ2) is 2.98. The van der Waals surface area contributed by atoms with Crippen LogP contribution in [0.4, 0.5) is 0 Å². The van der Waals surface area contributed by atoms with Crippen LogP contribution in [0.2, 0.25) is 5.31 Å². The molecule has 1 fully saturated rings. The van der Waals surface area contributed by atoms with E-state index in [4.69, 9.17) is 0 Å². The zero-order chi connectivity index (χ0) is 7.61. The lowest BCUT2D eigenvalue weighted by molar-refractivity contribution is 0.292. The molecule has 1 aliphatic rings. The van der Waals surface area contributed by atoms with E-state index in [9.17, 15) is 0 Å². The van der Waals surface area contributed by atoms with Crippen LogP contribution < -0.4 is 0 Å². The van der Waals surface area contributed by atoms with Crippen LogP contribution in [0.1, 0.15) is 46.0 Å². The molecule has 0 bridgehead atoms. The van der Waals surface area contributed by atoms with Crippen LogP contribution in [-0.4, -0.2) is 7.85 Å². The SMILES string of the molecule is BC(C)(C)C1CCCCC1. The lowest BCUT2D eigenvalue weighted by Gasteiger charge is -2.33. The first-order valence-electron chi connectivity index (χ1n) is 4.61. The van der Waals surface area contributed by atoms with Gasteiger partial charge in [0.05, 0.1) is 0 Å². The van der Waals surface area contributed by atoms with Crippen LogP contribution in [0.3, 0.4) is 0 Å². The molecule has 1 saturated carbocycles. The molecule has 0 radical (unpaired) electrons. The first-order valence-corrected chi connectivity index (χ1v) is 4.61. The van der Waals surface area contributed by atoms with Gasteiger partial charge in [0, 0.05) is 0 Å². The first-order chi connectivity index (χ1) is 4.61. The van der Waals surface area contributed by atoms with Crippen molar-refractivity contribution in [3.8, 4) is 0 Å². The topological polar surface area (TPSA) is 0 Å². The highest BCUT2D eigenvalue weighted by atomic mass is 14.3. The molecule has 58 valence electrons. The van der Waals surface area contributed by atoms with Gasteiger partial charge in [0.15, 0.2) is 0 Å². The van der Waals surface area contributed by atoms with Crippen molar-refractivity contribution in [2.24, 2.45) is 5.92 Å². The summed E-state index contributed by atoms with van der Waals surface area (Å²) in [6, 6.07) is 0. The number of hydrogen-bond acceptors (Lipinski definition) is 0. The molecule has 0 aromatic rings. The molecule has 0 nitrogen and oxygen atoms in total. The first kappa shape index (κ1) is 8.16. The molecule has 0 aliphatic heterocycles. The van der Waals surface area contributed by atoms with E-state index in [-0.39, 0.29) is 0 Å². The summed E-state index contributed by atoms with van der Waals surface area (Å²) in [5, 5.41) is 0.570. The highest BCUT2D eigenvalue weighted by Crippen LogP contribution is 2.40. The van der Waals surface area contributed by atoms with E-state index < -0.39 is 0 Å². The molecule has 0 aromatic heterocycles. The Morgan fingerprint density at radius 3 is 1.90 bits per heavy atom. The summed E-state index contributed by atoms with van der Waals surface area (Å²) in [6.45, 7) is 4.76. The second-order valence-corrected chi connectivity index (χ2v) is 4.70. The zero-order valence-electron chi connectivity index (χ0n) is 7.61. The third kappa shape index (κ3) is 2.03. The Labute approximate surface area is 65.8 Å². The lowest BCUT2D eigenvalue weighted by atomic mass is 9.59. The molecule has 0 saturated heterocycles. The summed E-state index contributed by atoms with van der Waals surface area (Å²) in [5.41, 5.74) is 0. The van der Waals surface area contributed by atoms with Crippen LogP contribution in [0.25, 0.3) is 0 Å². The fourth-order valence-corrected chi connectivity index (χ4v) is 1.97. The predicted octanol–water partition coefficient (Wildman–Crippen LogP) is 2.40. The smallest absolute Gasteiger partial charge is 0.0669 e. The van der Waals surface area contributed by atoms with Gasteiger partial charge in [-0.1, -0.05) is 51.3 Å². The normalized spacial score (nSPS) is 23.0. The Balaban J connectivity index is 2.39. The number of rotatable bonds is 1. The average Bonchev–Trinajstić information content (AvgIpc) is 1.88. The highest BCUT2D eigenvalue weighted by Gasteiger charge is 2.25. The van der Waals surface area contributed by atoms with Gasteiger partial charge in [0.25, 0.3) is 0 Å². The molecule has 0 amide bonds. The van der Waals surface area contributed by atoms with Gasteiger partial charge in [-0.3, -0.25) is 0 Å². The van der Waals surface area contributed by atoms with E-state index in [0.717, 1.165) is 5.92 Å². The van der Waals surface area contributed by atoms with Gasteiger partial charge in [-0.05, 0) is 5.92 Å². The maximum Gasteiger partial charge on any atom is 0.109 e. The maximum atomic E-state index is 2.38. The Hall–Kier alpha value is 0.0649. The Morgan fingerprint density at radius 1 is 1.10 bits per heavy atom. The van der Waals surface area contributed by atoms with Crippen LogP contribution in [-0.2, 0) is 0 Å². The van der Waals surface area contributed by atoms with Crippen molar-refractivity contribution in [2.75, 3.05) is 0 Å². The van der Waals surface area contributed by atoms with Gasteiger partial charge in [0.1, 0.15) is 7.85 Å². The monoisotopic (exact) mass is 138 g/mol. The Kier molecular flexibility index (Phi) is 2.43. The van der Waals surface area contributed by atoms with Gasteiger partial charge >= 0.3 is 0 Å². The second-order valence-electron chi connectivity index (χ2n) is 4.70. The average molecular weight is 138 g/mol. The molecular formula is C9H19B. The minimum Gasteiger partial charge on any atom is -0.0669 e. The van der Waals surface area contributed by atoms with E-state index >= 15 is 0 Å². The van der Waals surface area contributed by atoms with Crippen molar-refractivity contribution in [2.45, 2.75) is 51.3 Å². The lowest BCUT2D eigenvalue weighted by Crippen LogP contribution is -2.19. The van der Waals surface area contributed by atoms with Crippen LogP contribution in [0.5, 0.6) is 0 Å². The molecular weight excluding hydrogens is 119 g/mol. The Morgan fingerprint density at radius 2 is 1.60 bits per heavy atom. The fraction of sp³-hybridized carbons (Fsp3) is 1.00. The van der Waals surface area contributed by atoms with E-state index in [1.165, 1.54) is 32.1 Å². The van der Waals surface area contributed by atoms with Crippen LogP contribution >= 0.6 is 0 Å². The van der Waals surface area contributed by atoms with Gasteiger partial charge in [0.2, 0.25) is 0 Å². The molecule has 1 heteroatoms. The third-order valence-electron chi connectivity index (χ3n) is 2.83. The van der Waals surface area contributed by atoms with Gasteiger partial charge in [-0.15, -0.1) is 0 Å². The molecule has 10 heavy (non-hydrogen) atoms. The minimum absolute atomic E-state index is 0.570. The largest absolute Gasteiger partial charge is 0.109 e. The van der Waals surface area contributed by atoms with E-state index in [1.54, 1.807) is 0 Å². The van der Waals surface area contributed by atoms with Crippen LogP contribution in [0.15, 0.2) is 0 Å². The standard InChI is InChI=1S/C9H19B/c1-9(2,10)8-6-4-3-5-7-8/h8H,3-7,10H2,1-2H3. The summed E-state index contributed by atoms with van der Waals surface area (Å²) in [4.78, 5) is 0. The Bertz CT molecular complexity index is 95.8. The molecule has 0 aromatic carbocycles. The van der Waals surface area contributed by atoms with Gasteiger partial charge in [-0.2, -0.15) is 0 Å². The van der Waals surface area contributed by atoms with E-state index in [2.05, 4.69) is 21.7 Å². The summed E-state index contributed by atoms with van der Waals surface area (Å²) in [7, 11) is 2.38. The molecule has 0 atom stereocenters. The minimum atomic E-state index is 0.570. The quantitative estimate of drug-likeness (QED) is 0.488. The predicted molar refractivity (Wildman–Crippen MR) is 49.2 cm³/mol. The fourth-order valence-electron chi connectivity index (χ4n) is 1.97. The van der Waals surface area contributed by atoms with Crippen molar-refractivity contribution < 1.29 is 0 Å². The molecule has 1 aliphatic carbocycles. The molecule has 0 unspecified atom stereocenters. The summed E-state index contributed by atoms with van der Waals surface area (Å²) in [5.74, 6) is 1.00. The maximum absolute atomic E-state index is 2.38. The molecule has 0 N–H and O–H groups in total. The van der Waals surface area contributed by atoms with Gasteiger partial charge in [-0.25, -0.2) is 0 Å². The van der Waals surface area contributed by atoms with E-state index in [1.807, 2.05) is 0 Å². The van der Waals surface area contributed by atoms with Gasteiger partial charge < -0.3 is 0 Å². The van der Waals surface area contributed by atoms with Crippen molar-refractivity contribution in [1.29, 1.82) is 0 Å². The summed E-state index contributed by atoms with van der Waals surface area (Å²) < 4.78 is 0. The third-order valence-corrected chi connectivity index (χ3v) is 2.83. The molecule has 1 rings (SSSR count). The summed E-state index contributed by atoms with van der Waals surface area (Å²) >= 11 is 0. The van der Waals surface area contributed by atoms with Crippen LogP contribution in [0, 0.1) is 5.92 Å².